The fourth-order valence-electron chi connectivity index (χ4n) is 1.21. The third kappa shape index (κ3) is 4.02. The summed E-state index contributed by atoms with van der Waals surface area (Å²) in [5, 5.41) is 11.0. The van der Waals surface area contributed by atoms with Crippen LogP contribution in [0.3, 0.4) is 0 Å². The van der Waals surface area contributed by atoms with E-state index in [9.17, 15) is 9.59 Å². The van der Waals surface area contributed by atoms with Crippen molar-refractivity contribution in [3.05, 3.63) is 18.2 Å². The Labute approximate surface area is 98.2 Å². The number of carbonyl (C=O) groups is 2. The highest BCUT2D eigenvalue weighted by atomic mass is 16.5. The highest BCUT2D eigenvalue weighted by molar-refractivity contribution is 5.90. The predicted octanol–water partition coefficient (Wildman–Crippen LogP) is 1.12. The van der Waals surface area contributed by atoms with E-state index in [4.69, 9.17) is 14.6 Å². The first kappa shape index (κ1) is 12.8. The Morgan fingerprint density at radius 2 is 2.12 bits per heavy atom. The molecule has 2 N–H and O–H groups in total. The Morgan fingerprint density at radius 3 is 2.65 bits per heavy atom. The predicted molar refractivity (Wildman–Crippen MR) is 60.4 cm³/mol. The molecule has 6 heteroatoms. The van der Waals surface area contributed by atoms with E-state index < -0.39 is 12.6 Å². The number of benzene rings is 1. The number of carbonyl (C=O) groups excluding carboxylic acids is 1. The summed E-state index contributed by atoms with van der Waals surface area (Å²) in [6, 6.07) is 4.65. The Morgan fingerprint density at radius 1 is 1.41 bits per heavy atom. The highest BCUT2D eigenvalue weighted by Gasteiger charge is 2.07. The smallest absolute Gasteiger partial charge is 0.341 e. The first-order chi connectivity index (χ1) is 8.02. The van der Waals surface area contributed by atoms with Crippen LogP contribution in [0.5, 0.6) is 11.5 Å². The molecule has 0 bridgehead atoms. The first-order valence-corrected chi connectivity index (χ1v) is 4.83. The quantitative estimate of drug-likeness (QED) is 0.804. The molecule has 0 saturated carbocycles. The van der Waals surface area contributed by atoms with Gasteiger partial charge in [0.2, 0.25) is 5.91 Å². The molecule has 0 spiro atoms. The zero-order valence-corrected chi connectivity index (χ0v) is 9.52. The van der Waals surface area contributed by atoms with Crippen molar-refractivity contribution in [1.29, 1.82) is 0 Å². The molecule has 1 aromatic carbocycles. The maximum absolute atomic E-state index is 11.0. The van der Waals surface area contributed by atoms with Crippen molar-refractivity contribution in [3.63, 3.8) is 0 Å². The minimum absolute atomic E-state index is 0.251. The molecule has 92 valence electrons. The van der Waals surface area contributed by atoms with Crippen LogP contribution in [0.4, 0.5) is 5.69 Å². The molecule has 1 rings (SSSR count). The van der Waals surface area contributed by atoms with Gasteiger partial charge in [0.15, 0.2) is 6.61 Å². The molecule has 0 aromatic heterocycles. The van der Waals surface area contributed by atoms with Gasteiger partial charge in [-0.25, -0.2) is 4.79 Å². The number of methoxy groups -OCH3 is 1. The molecule has 1 amide bonds. The largest absolute Gasteiger partial charge is 0.495 e. The Kier molecular flexibility index (Phi) is 4.33. The van der Waals surface area contributed by atoms with Crippen molar-refractivity contribution in [2.45, 2.75) is 6.92 Å². The second-order valence-electron chi connectivity index (χ2n) is 3.23. The number of amides is 1. The third-order valence-corrected chi connectivity index (χ3v) is 1.84. The van der Waals surface area contributed by atoms with Crippen LogP contribution in [-0.2, 0) is 9.59 Å². The van der Waals surface area contributed by atoms with Gasteiger partial charge in [0.1, 0.15) is 11.5 Å². The lowest BCUT2D eigenvalue weighted by atomic mass is 10.2. The zero-order chi connectivity index (χ0) is 12.8. The average molecular weight is 239 g/mol. The van der Waals surface area contributed by atoms with Crippen LogP contribution in [0, 0.1) is 0 Å². The Bertz CT molecular complexity index is 430. The van der Waals surface area contributed by atoms with E-state index >= 15 is 0 Å². The Balaban J connectivity index is 2.87. The molecular weight excluding hydrogens is 226 g/mol. The van der Waals surface area contributed by atoms with Crippen molar-refractivity contribution >= 4 is 17.6 Å². The van der Waals surface area contributed by atoms with E-state index in [0.29, 0.717) is 17.2 Å². The van der Waals surface area contributed by atoms with Crippen molar-refractivity contribution < 1.29 is 24.2 Å². The van der Waals surface area contributed by atoms with E-state index in [1.165, 1.54) is 20.1 Å². The summed E-state index contributed by atoms with van der Waals surface area (Å²) < 4.78 is 10.0. The molecule has 0 heterocycles. The van der Waals surface area contributed by atoms with Crippen LogP contribution in [0.1, 0.15) is 6.92 Å². The highest BCUT2D eigenvalue weighted by Crippen LogP contribution is 2.28. The van der Waals surface area contributed by atoms with Gasteiger partial charge >= 0.3 is 5.97 Å². The summed E-state index contributed by atoms with van der Waals surface area (Å²) in [5.41, 5.74) is 0.433. The van der Waals surface area contributed by atoms with Crippen molar-refractivity contribution in [2.24, 2.45) is 0 Å². The third-order valence-electron chi connectivity index (χ3n) is 1.84. The van der Waals surface area contributed by atoms with E-state index in [1.54, 1.807) is 12.1 Å². The van der Waals surface area contributed by atoms with Gasteiger partial charge in [0.05, 0.1) is 12.8 Å². The van der Waals surface area contributed by atoms with Crippen molar-refractivity contribution in [3.8, 4) is 11.5 Å². The van der Waals surface area contributed by atoms with E-state index in [2.05, 4.69) is 5.32 Å². The molecule has 0 aliphatic heterocycles. The van der Waals surface area contributed by atoms with E-state index in [0.717, 1.165) is 0 Å². The first-order valence-electron chi connectivity index (χ1n) is 4.83. The standard InChI is InChI=1S/C11H13NO5/c1-7(13)12-9-5-8(17-6-11(14)15)3-4-10(9)16-2/h3-5H,6H2,1-2H3,(H,12,13)(H,14,15). The van der Waals surface area contributed by atoms with Gasteiger partial charge in [-0.2, -0.15) is 0 Å². The summed E-state index contributed by atoms with van der Waals surface area (Å²) in [6.07, 6.45) is 0. The normalized spacial score (nSPS) is 9.53. The fraction of sp³-hybridized carbons (Fsp3) is 0.273. The molecule has 0 unspecified atom stereocenters. The van der Waals surface area contributed by atoms with Crippen LogP contribution >= 0.6 is 0 Å². The van der Waals surface area contributed by atoms with Crippen molar-refractivity contribution in [2.75, 3.05) is 19.0 Å². The van der Waals surface area contributed by atoms with Crippen LogP contribution in [0.25, 0.3) is 0 Å². The lowest BCUT2D eigenvalue weighted by molar-refractivity contribution is -0.139. The summed E-state index contributed by atoms with van der Waals surface area (Å²) in [5.74, 6) is -0.500. The number of hydrogen-bond acceptors (Lipinski definition) is 4. The van der Waals surface area contributed by atoms with Gasteiger partial charge in [0.25, 0.3) is 0 Å². The van der Waals surface area contributed by atoms with Gasteiger partial charge in [-0.1, -0.05) is 0 Å². The number of carboxylic acids is 1. The number of hydrogen-bond donors (Lipinski definition) is 2. The maximum atomic E-state index is 11.0. The Hall–Kier alpha value is -2.24. The van der Waals surface area contributed by atoms with E-state index in [1.807, 2.05) is 0 Å². The molecule has 0 fully saturated rings. The molecule has 6 nitrogen and oxygen atoms in total. The minimum Gasteiger partial charge on any atom is -0.495 e. The molecular formula is C11H13NO5. The number of carboxylic acid groups (broad SMARTS) is 1. The van der Waals surface area contributed by atoms with Gasteiger partial charge in [-0.15, -0.1) is 0 Å². The number of rotatable bonds is 5. The maximum Gasteiger partial charge on any atom is 0.341 e. The number of ether oxygens (including phenoxy) is 2. The summed E-state index contributed by atoms with van der Waals surface area (Å²) in [6.45, 7) is 0.927. The molecule has 0 atom stereocenters. The summed E-state index contributed by atoms with van der Waals surface area (Å²) in [7, 11) is 1.47. The second kappa shape index (κ2) is 5.74. The molecule has 0 aliphatic rings. The van der Waals surface area contributed by atoms with Gasteiger partial charge in [0, 0.05) is 13.0 Å². The number of aliphatic carboxylic acids is 1. The number of anilines is 1. The van der Waals surface area contributed by atoms with Crippen LogP contribution in [0.15, 0.2) is 18.2 Å². The van der Waals surface area contributed by atoms with Crippen LogP contribution in [-0.4, -0.2) is 30.7 Å². The minimum atomic E-state index is -1.07. The second-order valence-corrected chi connectivity index (χ2v) is 3.23. The fourth-order valence-corrected chi connectivity index (χ4v) is 1.21. The van der Waals surface area contributed by atoms with E-state index in [-0.39, 0.29) is 5.91 Å². The molecule has 17 heavy (non-hydrogen) atoms. The topological polar surface area (TPSA) is 84.9 Å². The zero-order valence-electron chi connectivity index (χ0n) is 9.52. The molecule has 1 aromatic rings. The lowest BCUT2D eigenvalue weighted by Gasteiger charge is -2.11. The van der Waals surface area contributed by atoms with Gasteiger partial charge < -0.3 is 19.9 Å². The number of nitrogens with one attached hydrogen (secondary N) is 1. The molecule has 0 aliphatic carbocycles. The van der Waals surface area contributed by atoms with Crippen LogP contribution in [0.2, 0.25) is 0 Å². The van der Waals surface area contributed by atoms with Gasteiger partial charge in [-0.05, 0) is 12.1 Å². The summed E-state index contributed by atoms with van der Waals surface area (Å²) in [4.78, 5) is 21.3. The SMILES string of the molecule is COc1ccc(OCC(=O)O)cc1NC(C)=O. The van der Waals surface area contributed by atoms with Crippen molar-refractivity contribution in [1.82, 2.24) is 0 Å². The average Bonchev–Trinajstić information content (AvgIpc) is 2.25. The monoisotopic (exact) mass is 239 g/mol. The lowest BCUT2D eigenvalue weighted by Crippen LogP contribution is -2.10. The summed E-state index contributed by atoms with van der Waals surface area (Å²) >= 11 is 0. The molecule has 0 saturated heterocycles. The molecule has 0 radical (unpaired) electrons. The van der Waals surface area contributed by atoms with Gasteiger partial charge in [-0.3, -0.25) is 4.79 Å². The van der Waals surface area contributed by atoms with Crippen LogP contribution < -0.4 is 14.8 Å².